The average molecular weight is 848 g/mol. The van der Waals surface area contributed by atoms with Crippen molar-refractivity contribution < 1.29 is 38.1 Å². The van der Waals surface area contributed by atoms with Gasteiger partial charge in [-0.2, -0.15) is 0 Å². The van der Waals surface area contributed by atoms with Crippen LogP contribution in [0.1, 0.15) is 83.3 Å². The topological polar surface area (TPSA) is 177 Å². The highest BCUT2D eigenvalue weighted by Crippen LogP contribution is 2.45. The van der Waals surface area contributed by atoms with Crippen molar-refractivity contribution in [3.63, 3.8) is 0 Å². The monoisotopic (exact) mass is 847 g/mol. The van der Waals surface area contributed by atoms with Crippen LogP contribution in [-0.2, 0) is 36.8 Å². The molecule has 0 saturated carbocycles. The number of imidazole rings is 1. The Hall–Kier alpha value is -5.96. The summed E-state index contributed by atoms with van der Waals surface area (Å²) >= 11 is 0. The molecule has 0 bridgehead atoms. The van der Waals surface area contributed by atoms with Gasteiger partial charge in [-0.15, -0.1) is 0 Å². The SMILES string of the molecule is CC[C@H]1C[C@@H](c2ncc(-c3ccc4c(c3)COc3cc5c6c(ccc5cc3-4)N=C([C@@H]3CC[C@H](C)N3C(=O)C(NC(=O)OC)C(C)C)C6)[nH]2)N(C(=O)[C@@H](NC(=O)OC)[C@@H](C)OC)C1. The molecule has 4 aliphatic heterocycles. The van der Waals surface area contributed by atoms with Crippen molar-refractivity contribution in [1.29, 1.82) is 0 Å². The lowest BCUT2D eigenvalue weighted by atomic mass is 9.90. The third kappa shape index (κ3) is 7.86. The van der Waals surface area contributed by atoms with Crippen LogP contribution in [0.4, 0.5) is 15.3 Å². The zero-order chi connectivity index (χ0) is 44.0. The van der Waals surface area contributed by atoms with Crippen molar-refractivity contribution in [3.8, 4) is 28.1 Å². The van der Waals surface area contributed by atoms with Gasteiger partial charge in [0.1, 0.15) is 30.3 Å². The summed E-state index contributed by atoms with van der Waals surface area (Å²) in [7, 11) is 4.08. The van der Waals surface area contributed by atoms with Gasteiger partial charge < -0.3 is 44.4 Å². The first-order chi connectivity index (χ1) is 29.8. The molecule has 5 heterocycles. The molecule has 62 heavy (non-hydrogen) atoms. The van der Waals surface area contributed by atoms with Crippen molar-refractivity contribution in [2.24, 2.45) is 16.8 Å². The molecule has 1 unspecified atom stereocenters. The van der Waals surface area contributed by atoms with E-state index in [-0.39, 0.29) is 41.8 Å². The molecule has 2 saturated heterocycles. The number of nitrogens with zero attached hydrogens (tertiary/aromatic N) is 4. The molecule has 8 rings (SSSR count). The van der Waals surface area contributed by atoms with Gasteiger partial charge in [0.25, 0.3) is 0 Å². The summed E-state index contributed by atoms with van der Waals surface area (Å²) in [6.45, 7) is 10.7. The van der Waals surface area contributed by atoms with Crippen LogP contribution in [-0.4, -0.2) is 108 Å². The van der Waals surface area contributed by atoms with Crippen LogP contribution in [0, 0.1) is 11.8 Å². The predicted molar refractivity (Wildman–Crippen MR) is 234 cm³/mol. The van der Waals surface area contributed by atoms with Gasteiger partial charge in [-0.05, 0) is 102 Å². The second kappa shape index (κ2) is 17.4. The number of carbonyl (C=O) groups is 4. The van der Waals surface area contributed by atoms with Gasteiger partial charge in [0.15, 0.2) is 0 Å². The van der Waals surface area contributed by atoms with E-state index in [0.29, 0.717) is 25.4 Å². The van der Waals surface area contributed by atoms with Gasteiger partial charge in [0, 0.05) is 37.4 Å². The minimum absolute atomic E-state index is 0.0103. The van der Waals surface area contributed by atoms with Gasteiger partial charge in [-0.3, -0.25) is 14.6 Å². The van der Waals surface area contributed by atoms with E-state index in [4.69, 9.17) is 28.9 Å². The first-order valence-electron chi connectivity index (χ1n) is 21.7. The number of ether oxygens (including phenoxy) is 4. The molecule has 1 aromatic heterocycles. The second-order valence-electron chi connectivity index (χ2n) is 17.4. The Morgan fingerprint density at radius 1 is 0.919 bits per heavy atom. The molecule has 0 spiro atoms. The summed E-state index contributed by atoms with van der Waals surface area (Å²) < 4.78 is 21.6. The van der Waals surface area contributed by atoms with Gasteiger partial charge in [-0.25, -0.2) is 14.6 Å². The quantitative estimate of drug-likeness (QED) is 0.141. The third-order valence-corrected chi connectivity index (χ3v) is 13.3. The van der Waals surface area contributed by atoms with E-state index in [1.165, 1.54) is 21.3 Å². The molecular weight excluding hydrogens is 791 g/mol. The number of hydrogen-bond donors (Lipinski definition) is 3. The van der Waals surface area contributed by atoms with Crippen molar-refractivity contribution in [1.82, 2.24) is 30.4 Å². The molecule has 2 fully saturated rings. The maximum atomic E-state index is 14.0. The maximum absolute atomic E-state index is 14.0. The Balaban J connectivity index is 1.02. The Bertz CT molecular complexity index is 2430. The molecule has 328 valence electrons. The fraction of sp³-hybridized carbons (Fsp3) is 0.489. The Kier molecular flexibility index (Phi) is 12.0. The van der Waals surface area contributed by atoms with E-state index in [1.807, 2.05) is 24.9 Å². The molecule has 4 aliphatic rings. The number of benzene rings is 3. The molecule has 4 aromatic rings. The minimum atomic E-state index is -0.918. The van der Waals surface area contributed by atoms with Crippen LogP contribution in [0.3, 0.4) is 0 Å². The normalized spacial score (nSPS) is 21.7. The number of nitrogens with one attached hydrogen (secondary N) is 3. The lowest BCUT2D eigenvalue weighted by Crippen LogP contribution is -2.55. The summed E-state index contributed by atoms with van der Waals surface area (Å²) in [5, 5.41) is 7.58. The van der Waals surface area contributed by atoms with E-state index in [9.17, 15) is 19.2 Å². The highest BCUT2D eigenvalue weighted by atomic mass is 16.5. The van der Waals surface area contributed by atoms with E-state index < -0.39 is 30.4 Å². The Labute approximate surface area is 361 Å². The number of H-pyrrole nitrogens is 1. The summed E-state index contributed by atoms with van der Waals surface area (Å²) in [5.41, 5.74) is 7.93. The van der Waals surface area contributed by atoms with Gasteiger partial charge in [-0.1, -0.05) is 45.4 Å². The highest BCUT2D eigenvalue weighted by molar-refractivity contribution is 6.06. The lowest BCUT2D eigenvalue weighted by Gasteiger charge is -2.33. The predicted octanol–water partition coefficient (Wildman–Crippen LogP) is 7.24. The number of aromatic nitrogens is 2. The number of fused-ring (bicyclic) bond motifs is 6. The third-order valence-electron chi connectivity index (χ3n) is 13.3. The zero-order valence-electron chi connectivity index (χ0n) is 36.7. The standard InChI is InChI=1S/C47H57N7O8/c1-9-27-16-39(53(22-27)44(55)42(26(5)59-6)52-47(58)61-8)43-48-21-37(50-43)29-11-13-31-30(17-29)23-62-40-20-32-28(18-34(31)40)12-14-35-33(32)19-36(49-35)38-15-10-25(4)54(38)45(56)41(24(2)3)51-46(57)60-7/h11-14,17-18,20-21,24-27,38-39,41-42H,9-10,15-16,19,22-23H2,1-8H3,(H,48,50)(H,51,57)(H,52,58)/t25-,26+,27-,38-,39-,41?,42-/m0/s1. The Morgan fingerprint density at radius 2 is 1.68 bits per heavy atom. The number of aromatic amines is 1. The largest absolute Gasteiger partial charge is 0.488 e. The van der Waals surface area contributed by atoms with E-state index >= 15 is 0 Å². The molecule has 15 heteroatoms. The average Bonchev–Trinajstić information content (AvgIpc) is 4.11. The highest BCUT2D eigenvalue weighted by Gasteiger charge is 2.44. The van der Waals surface area contributed by atoms with Crippen molar-refractivity contribution >= 4 is 46.2 Å². The fourth-order valence-corrected chi connectivity index (χ4v) is 9.69. The lowest BCUT2D eigenvalue weighted by molar-refractivity contribution is -0.138. The second-order valence-corrected chi connectivity index (χ2v) is 17.4. The van der Waals surface area contributed by atoms with E-state index in [2.05, 4.69) is 71.9 Å². The summed E-state index contributed by atoms with van der Waals surface area (Å²) in [6, 6.07) is 12.8. The number of rotatable bonds is 11. The smallest absolute Gasteiger partial charge is 0.407 e. The first kappa shape index (κ1) is 42.7. The number of likely N-dealkylation sites (tertiary alicyclic amines) is 2. The van der Waals surface area contributed by atoms with Crippen LogP contribution < -0.4 is 15.4 Å². The van der Waals surface area contributed by atoms with Crippen LogP contribution >= 0.6 is 0 Å². The summed E-state index contributed by atoms with van der Waals surface area (Å²) in [6.07, 6.45) is 3.86. The molecule has 7 atom stereocenters. The van der Waals surface area contributed by atoms with E-state index in [1.54, 1.807) is 11.8 Å². The van der Waals surface area contributed by atoms with E-state index in [0.717, 1.165) is 87.1 Å². The molecule has 15 nitrogen and oxygen atoms in total. The number of methoxy groups -OCH3 is 3. The molecular formula is C47H57N7O8. The van der Waals surface area contributed by atoms with Crippen molar-refractivity contribution in [2.75, 3.05) is 27.9 Å². The fourth-order valence-electron chi connectivity index (χ4n) is 9.69. The van der Waals surface area contributed by atoms with Crippen LogP contribution in [0.15, 0.2) is 53.7 Å². The summed E-state index contributed by atoms with van der Waals surface area (Å²) in [4.78, 5) is 69.5. The number of hydrogen-bond acceptors (Lipinski definition) is 10. The van der Waals surface area contributed by atoms with Crippen LogP contribution in [0.25, 0.3) is 33.2 Å². The molecule has 3 aromatic carbocycles. The number of carbonyl (C=O) groups excluding carboxylic acids is 4. The molecule has 0 aliphatic carbocycles. The minimum Gasteiger partial charge on any atom is -0.488 e. The molecule has 0 radical (unpaired) electrons. The van der Waals surface area contributed by atoms with Gasteiger partial charge >= 0.3 is 12.2 Å². The number of amides is 4. The van der Waals surface area contributed by atoms with Crippen LogP contribution in [0.5, 0.6) is 5.75 Å². The molecule has 3 N–H and O–H groups in total. The maximum Gasteiger partial charge on any atom is 0.407 e. The Morgan fingerprint density at radius 3 is 2.39 bits per heavy atom. The zero-order valence-corrected chi connectivity index (χ0v) is 36.7. The molecule has 4 amide bonds. The van der Waals surface area contributed by atoms with Crippen molar-refractivity contribution in [2.45, 2.75) is 110 Å². The number of aliphatic imine (C=N–C) groups is 1. The van der Waals surface area contributed by atoms with Crippen molar-refractivity contribution in [3.05, 3.63) is 65.6 Å². The first-order valence-corrected chi connectivity index (χ1v) is 21.7. The van der Waals surface area contributed by atoms with Gasteiger partial charge in [0.05, 0.1) is 50.0 Å². The van der Waals surface area contributed by atoms with Gasteiger partial charge in [0.2, 0.25) is 11.8 Å². The summed E-state index contributed by atoms with van der Waals surface area (Å²) in [5.74, 6) is 1.30. The van der Waals surface area contributed by atoms with Crippen LogP contribution in [0.2, 0.25) is 0 Å². The number of alkyl carbamates (subject to hydrolysis) is 2.